The molecule has 0 saturated carbocycles. The van der Waals surface area contributed by atoms with Gasteiger partial charge in [-0.25, -0.2) is 4.98 Å². The van der Waals surface area contributed by atoms with Crippen LogP contribution in [0, 0.1) is 5.41 Å². The Morgan fingerprint density at radius 1 is 1.26 bits per heavy atom. The lowest BCUT2D eigenvalue weighted by atomic mass is 9.81. The third kappa shape index (κ3) is 5.29. The summed E-state index contributed by atoms with van der Waals surface area (Å²) in [4.78, 5) is 21.4. The summed E-state index contributed by atoms with van der Waals surface area (Å²) in [6.45, 7) is 8.87. The lowest BCUT2D eigenvalue weighted by Crippen LogP contribution is -2.54. The highest BCUT2D eigenvalue weighted by molar-refractivity contribution is 7.07. The smallest absolute Gasteiger partial charge is 0.230 e. The maximum absolute atomic E-state index is 12.8. The summed E-state index contributed by atoms with van der Waals surface area (Å²) in [5, 5.41) is 2.09. The molecule has 0 spiro atoms. The van der Waals surface area contributed by atoms with Gasteiger partial charge in [0.2, 0.25) is 5.91 Å². The molecule has 1 aromatic heterocycles. The predicted octanol–water partition coefficient (Wildman–Crippen LogP) is 2.40. The van der Waals surface area contributed by atoms with Gasteiger partial charge < -0.3 is 10.6 Å². The minimum atomic E-state index is -0.364. The van der Waals surface area contributed by atoms with Crippen molar-refractivity contribution in [3.63, 3.8) is 0 Å². The molecule has 1 saturated heterocycles. The second-order valence-electron chi connectivity index (χ2n) is 5.74. The zero-order valence-corrected chi connectivity index (χ0v) is 16.3. The Kier molecular flexibility index (Phi) is 10.3. The van der Waals surface area contributed by atoms with E-state index in [0.717, 1.165) is 51.3 Å². The lowest BCUT2D eigenvalue weighted by molar-refractivity contribution is -0.144. The molecule has 1 amide bonds. The van der Waals surface area contributed by atoms with Crippen LogP contribution < -0.4 is 5.73 Å². The first-order valence-corrected chi connectivity index (χ1v) is 8.68. The first kappa shape index (κ1) is 22.6. The standard InChI is InChI=1S/C15H26N4OS.2ClH/c1-3-15(4-2,11-16)14(20)19-7-5-18(6-8-19)9-13-10-21-12-17-13;;/h10,12H,3-9,11,16H2,1-2H3;2*1H. The van der Waals surface area contributed by atoms with Crippen molar-refractivity contribution in [2.45, 2.75) is 33.2 Å². The number of aromatic nitrogens is 1. The molecule has 0 radical (unpaired) electrons. The van der Waals surface area contributed by atoms with Crippen LogP contribution in [0.3, 0.4) is 0 Å². The van der Waals surface area contributed by atoms with E-state index in [4.69, 9.17) is 5.73 Å². The Morgan fingerprint density at radius 3 is 2.30 bits per heavy atom. The van der Waals surface area contributed by atoms with Gasteiger partial charge in [0.15, 0.2) is 0 Å². The van der Waals surface area contributed by atoms with Crippen LogP contribution in [0.4, 0.5) is 0 Å². The van der Waals surface area contributed by atoms with E-state index in [-0.39, 0.29) is 36.1 Å². The third-order valence-corrected chi connectivity index (χ3v) is 5.36. The number of piperazine rings is 1. The molecule has 2 N–H and O–H groups in total. The number of amides is 1. The molecule has 8 heteroatoms. The summed E-state index contributed by atoms with van der Waals surface area (Å²) in [6, 6.07) is 0. The number of hydrogen-bond acceptors (Lipinski definition) is 5. The molecule has 134 valence electrons. The van der Waals surface area contributed by atoms with E-state index in [9.17, 15) is 4.79 Å². The van der Waals surface area contributed by atoms with Gasteiger partial charge in [-0.05, 0) is 12.8 Å². The Hall–Kier alpha value is -0.400. The molecule has 2 heterocycles. The maximum atomic E-state index is 12.8. The molecule has 0 bridgehead atoms. The van der Waals surface area contributed by atoms with E-state index in [1.54, 1.807) is 11.3 Å². The number of thiazole rings is 1. The summed E-state index contributed by atoms with van der Waals surface area (Å²) in [5.74, 6) is 0.239. The van der Waals surface area contributed by atoms with Crippen LogP contribution in [0.2, 0.25) is 0 Å². The number of rotatable bonds is 6. The van der Waals surface area contributed by atoms with Crippen molar-refractivity contribution >= 4 is 42.1 Å². The zero-order valence-electron chi connectivity index (χ0n) is 13.9. The lowest BCUT2D eigenvalue weighted by Gasteiger charge is -2.40. The minimum absolute atomic E-state index is 0. The van der Waals surface area contributed by atoms with Gasteiger partial charge >= 0.3 is 0 Å². The molecule has 1 aromatic rings. The second-order valence-corrected chi connectivity index (χ2v) is 6.46. The van der Waals surface area contributed by atoms with Crippen molar-refractivity contribution in [3.8, 4) is 0 Å². The van der Waals surface area contributed by atoms with Gasteiger partial charge in [0.1, 0.15) is 0 Å². The van der Waals surface area contributed by atoms with Crippen LogP contribution in [0.15, 0.2) is 10.9 Å². The number of carbonyl (C=O) groups excluding carboxylic acids is 1. The van der Waals surface area contributed by atoms with Gasteiger partial charge in [0, 0.05) is 44.6 Å². The minimum Gasteiger partial charge on any atom is -0.340 e. The zero-order chi connectivity index (χ0) is 15.3. The Bertz CT molecular complexity index is 438. The molecule has 0 aliphatic carbocycles. The molecule has 23 heavy (non-hydrogen) atoms. The fraction of sp³-hybridized carbons (Fsp3) is 0.733. The van der Waals surface area contributed by atoms with Crippen molar-refractivity contribution in [1.29, 1.82) is 0 Å². The molecule has 1 fully saturated rings. The quantitative estimate of drug-likeness (QED) is 0.820. The predicted molar refractivity (Wildman–Crippen MR) is 101 cm³/mol. The van der Waals surface area contributed by atoms with Gasteiger partial charge in [0.05, 0.1) is 16.6 Å². The Balaban J connectivity index is 0.00000242. The number of nitrogens with zero attached hydrogens (tertiary/aromatic N) is 3. The van der Waals surface area contributed by atoms with Crippen LogP contribution in [-0.4, -0.2) is 53.4 Å². The van der Waals surface area contributed by atoms with E-state index in [0.29, 0.717) is 6.54 Å². The summed E-state index contributed by atoms with van der Waals surface area (Å²) in [7, 11) is 0. The number of carbonyl (C=O) groups is 1. The van der Waals surface area contributed by atoms with Crippen LogP contribution in [0.5, 0.6) is 0 Å². The third-order valence-electron chi connectivity index (χ3n) is 4.73. The SMILES string of the molecule is CCC(CC)(CN)C(=O)N1CCN(Cc2cscn2)CC1.Cl.Cl. The van der Waals surface area contributed by atoms with Crippen molar-refractivity contribution in [3.05, 3.63) is 16.6 Å². The highest BCUT2D eigenvalue weighted by Gasteiger charge is 2.37. The summed E-state index contributed by atoms with van der Waals surface area (Å²) >= 11 is 1.63. The van der Waals surface area contributed by atoms with Crippen molar-refractivity contribution in [2.75, 3.05) is 32.7 Å². The van der Waals surface area contributed by atoms with E-state index < -0.39 is 0 Å². The molecule has 0 atom stereocenters. The maximum Gasteiger partial charge on any atom is 0.230 e. The van der Waals surface area contributed by atoms with E-state index in [2.05, 4.69) is 29.1 Å². The Morgan fingerprint density at radius 2 is 1.87 bits per heavy atom. The molecule has 0 unspecified atom stereocenters. The molecule has 2 rings (SSSR count). The first-order valence-electron chi connectivity index (χ1n) is 7.74. The molecule has 1 aliphatic rings. The highest BCUT2D eigenvalue weighted by Crippen LogP contribution is 2.28. The second kappa shape index (κ2) is 10.5. The average Bonchev–Trinajstić information content (AvgIpc) is 3.03. The number of nitrogens with two attached hydrogens (primary N) is 1. The van der Waals surface area contributed by atoms with E-state index in [1.165, 1.54) is 0 Å². The normalized spacial score (nSPS) is 15.7. The van der Waals surface area contributed by atoms with Crippen LogP contribution in [-0.2, 0) is 11.3 Å². The largest absolute Gasteiger partial charge is 0.340 e. The van der Waals surface area contributed by atoms with Crippen LogP contribution in [0.25, 0.3) is 0 Å². The van der Waals surface area contributed by atoms with Crippen LogP contribution >= 0.6 is 36.2 Å². The topological polar surface area (TPSA) is 62.5 Å². The van der Waals surface area contributed by atoms with Crippen molar-refractivity contribution in [2.24, 2.45) is 11.1 Å². The molecule has 5 nitrogen and oxygen atoms in total. The summed E-state index contributed by atoms with van der Waals surface area (Å²) < 4.78 is 0. The molecular weight excluding hydrogens is 355 g/mol. The molecular formula is C15H28Cl2N4OS. The average molecular weight is 383 g/mol. The monoisotopic (exact) mass is 382 g/mol. The van der Waals surface area contributed by atoms with E-state index >= 15 is 0 Å². The van der Waals surface area contributed by atoms with Gasteiger partial charge in [0.25, 0.3) is 0 Å². The van der Waals surface area contributed by atoms with Gasteiger partial charge in [-0.1, -0.05) is 13.8 Å². The highest BCUT2D eigenvalue weighted by atomic mass is 35.5. The summed E-state index contributed by atoms with van der Waals surface area (Å²) in [6.07, 6.45) is 1.63. The van der Waals surface area contributed by atoms with Gasteiger partial charge in [-0.2, -0.15) is 0 Å². The number of hydrogen-bond donors (Lipinski definition) is 1. The van der Waals surface area contributed by atoms with Gasteiger partial charge in [-0.15, -0.1) is 36.2 Å². The molecule has 0 aromatic carbocycles. The van der Waals surface area contributed by atoms with Crippen molar-refractivity contribution in [1.82, 2.24) is 14.8 Å². The first-order chi connectivity index (χ1) is 10.1. The fourth-order valence-electron chi connectivity index (χ4n) is 2.92. The Labute approximate surface area is 155 Å². The summed E-state index contributed by atoms with van der Waals surface area (Å²) in [5.41, 5.74) is 8.52. The van der Waals surface area contributed by atoms with E-state index in [1.807, 2.05) is 10.4 Å². The number of halogens is 2. The van der Waals surface area contributed by atoms with Crippen LogP contribution in [0.1, 0.15) is 32.4 Å². The van der Waals surface area contributed by atoms with Gasteiger partial charge in [-0.3, -0.25) is 9.69 Å². The van der Waals surface area contributed by atoms with Crippen molar-refractivity contribution < 1.29 is 4.79 Å². The fourth-order valence-corrected chi connectivity index (χ4v) is 3.47. The molecule has 1 aliphatic heterocycles.